The van der Waals surface area contributed by atoms with Crippen molar-refractivity contribution in [3.05, 3.63) is 93.5 Å². The second-order valence-corrected chi connectivity index (χ2v) is 16.2. The third-order valence-electron chi connectivity index (χ3n) is 11.2. The number of ether oxygens (including phenoxy) is 3. The summed E-state index contributed by atoms with van der Waals surface area (Å²) in [5, 5.41) is 15.1. The Labute approximate surface area is 327 Å². The Morgan fingerprint density at radius 3 is 2.42 bits per heavy atom. The van der Waals surface area contributed by atoms with E-state index in [0.29, 0.717) is 59.5 Å². The summed E-state index contributed by atoms with van der Waals surface area (Å²) in [7, 11) is 0. The Balaban J connectivity index is 0.853. The molecule has 1 aliphatic carbocycles. The highest BCUT2D eigenvalue weighted by Gasteiger charge is 2.64. The van der Waals surface area contributed by atoms with Gasteiger partial charge in [-0.1, -0.05) is 70.3 Å². The summed E-state index contributed by atoms with van der Waals surface area (Å²) >= 11 is 6.22. The van der Waals surface area contributed by atoms with Gasteiger partial charge in [0.25, 0.3) is 11.8 Å². The number of carbonyl (C=O) groups is 4. The first kappa shape index (κ1) is 39.8. The number of imide groups is 1. The highest BCUT2D eigenvalue weighted by Crippen LogP contribution is 2.55. The maximum atomic E-state index is 13.3. The molecule has 0 aromatic heterocycles. The van der Waals surface area contributed by atoms with Crippen molar-refractivity contribution in [1.29, 1.82) is 5.26 Å². The molecule has 3 aromatic rings. The lowest BCUT2D eigenvalue weighted by molar-refractivity contribution is -0.164. The summed E-state index contributed by atoms with van der Waals surface area (Å²) in [6.45, 7) is 10.0. The van der Waals surface area contributed by atoms with Crippen LogP contribution in [0.3, 0.4) is 0 Å². The number of hydrogen-bond donors (Lipinski definition) is 2. The first-order valence-corrected chi connectivity index (χ1v) is 19.4. The van der Waals surface area contributed by atoms with Crippen molar-refractivity contribution < 1.29 is 33.4 Å². The van der Waals surface area contributed by atoms with Crippen LogP contribution >= 0.6 is 11.6 Å². The molecular weight excluding hydrogens is 720 g/mol. The number of fused-ring (bicyclic) bond motifs is 1. The summed E-state index contributed by atoms with van der Waals surface area (Å²) in [5.41, 5.74) is 2.82. The van der Waals surface area contributed by atoms with Gasteiger partial charge in [-0.15, -0.1) is 0 Å². The predicted octanol–water partition coefficient (Wildman–Crippen LogP) is 6.78. The molecule has 290 valence electrons. The number of unbranched alkanes of at least 4 members (excludes halogenated alkanes) is 3. The van der Waals surface area contributed by atoms with E-state index in [2.05, 4.69) is 44.4 Å². The molecule has 6 rings (SSSR count). The average molecular weight is 769 g/mol. The van der Waals surface area contributed by atoms with Crippen LogP contribution in [0.2, 0.25) is 5.02 Å². The van der Waals surface area contributed by atoms with Gasteiger partial charge in [-0.2, -0.15) is 5.26 Å². The Hall–Kier alpha value is -4.92. The number of nitrogens with one attached hydrogen (secondary N) is 2. The molecule has 1 unspecified atom stereocenters. The van der Waals surface area contributed by atoms with E-state index in [1.165, 1.54) is 10.5 Å². The third-order valence-corrected chi connectivity index (χ3v) is 11.5. The predicted molar refractivity (Wildman–Crippen MR) is 207 cm³/mol. The number of halogens is 1. The fourth-order valence-electron chi connectivity index (χ4n) is 8.52. The van der Waals surface area contributed by atoms with E-state index in [1.54, 1.807) is 30.3 Å². The van der Waals surface area contributed by atoms with E-state index in [4.69, 9.17) is 25.8 Å². The summed E-state index contributed by atoms with van der Waals surface area (Å²) < 4.78 is 18.1. The first-order valence-electron chi connectivity index (χ1n) is 19.0. The molecule has 55 heavy (non-hydrogen) atoms. The van der Waals surface area contributed by atoms with Crippen LogP contribution in [-0.4, -0.2) is 66.5 Å². The Bertz CT molecular complexity index is 1960. The Morgan fingerprint density at radius 1 is 0.964 bits per heavy atom. The lowest BCUT2D eigenvalue weighted by atomic mass is 9.49. The minimum absolute atomic E-state index is 0.109. The topological polar surface area (TPSA) is 147 Å². The molecule has 12 heteroatoms. The number of piperidine rings is 1. The largest absolute Gasteiger partial charge is 0.491 e. The van der Waals surface area contributed by atoms with Crippen LogP contribution in [0.25, 0.3) is 0 Å². The minimum Gasteiger partial charge on any atom is -0.491 e. The van der Waals surface area contributed by atoms with Gasteiger partial charge in [-0.25, -0.2) is 0 Å². The van der Waals surface area contributed by atoms with Gasteiger partial charge in [0.15, 0.2) is 0 Å². The van der Waals surface area contributed by atoms with Crippen LogP contribution in [0, 0.1) is 22.2 Å². The lowest BCUT2D eigenvalue weighted by Crippen LogP contribution is -2.74. The molecule has 3 aliphatic rings. The number of carbonyl (C=O) groups excluding carboxylic acids is 4. The minimum atomic E-state index is -0.660. The molecule has 11 nitrogen and oxygen atoms in total. The highest BCUT2D eigenvalue weighted by atomic mass is 35.5. The monoisotopic (exact) mass is 768 g/mol. The number of rotatable bonds is 16. The fourth-order valence-corrected chi connectivity index (χ4v) is 8.74. The molecule has 1 atom stereocenters. The number of benzene rings is 3. The fraction of sp³-hybridized carbons (Fsp3) is 0.465. The molecule has 0 radical (unpaired) electrons. The normalized spacial score (nSPS) is 20.9. The Morgan fingerprint density at radius 2 is 1.71 bits per heavy atom. The van der Waals surface area contributed by atoms with Gasteiger partial charge in [0.1, 0.15) is 36.3 Å². The first-order chi connectivity index (χ1) is 26.3. The summed E-state index contributed by atoms with van der Waals surface area (Å²) in [6, 6.07) is 19.5. The van der Waals surface area contributed by atoms with Crippen molar-refractivity contribution in [2.24, 2.45) is 10.8 Å². The molecule has 1 saturated carbocycles. The lowest BCUT2D eigenvalue weighted by Gasteiger charge is -2.63. The number of aryl methyl sites for hydroxylation is 1. The number of amides is 4. The molecule has 1 saturated heterocycles. The smallest absolute Gasteiger partial charge is 0.255 e. The molecule has 2 heterocycles. The summed E-state index contributed by atoms with van der Waals surface area (Å²) in [5.74, 6) is 0.132. The molecule has 0 bridgehead atoms. The van der Waals surface area contributed by atoms with E-state index in [-0.39, 0.29) is 53.7 Å². The van der Waals surface area contributed by atoms with E-state index in [9.17, 15) is 24.4 Å². The molecule has 2 fully saturated rings. The van der Waals surface area contributed by atoms with Crippen LogP contribution in [0.4, 0.5) is 0 Å². The van der Waals surface area contributed by atoms with Crippen molar-refractivity contribution >= 4 is 35.2 Å². The van der Waals surface area contributed by atoms with Gasteiger partial charge in [0.05, 0.1) is 23.7 Å². The maximum Gasteiger partial charge on any atom is 0.255 e. The van der Waals surface area contributed by atoms with Crippen molar-refractivity contribution in [3.8, 4) is 17.6 Å². The zero-order valence-electron chi connectivity index (χ0n) is 31.9. The van der Waals surface area contributed by atoms with Gasteiger partial charge >= 0.3 is 0 Å². The summed E-state index contributed by atoms with van der Waals surface area (Å²) in [4.78, 5) is 51.7. The average Bonchev–Trinajstić information content (AvgIpc) is 3.49. The van der Waals surface area contributed by atoms with E-state index in [0.717, 1.165) is 37.7 Å². The third kappa shape index (κ3) is 8.66. The second-order valence-electron chi connectivity index (χ2n) is 15.8. The quantitative estimate of drug-likeness (QED) is 0.120. The number of hydrogen-bond acceptors (Lipinski definition) is 8. The SMILES string of the molecule is CC1(C)C(NC(=O)c2ccc(CCCCCCOCCOc3cccc4c3CN(C3CCC(=O)NC3=O)C4=O)cc2)C(C)(C)C1Oc1ccc(C#N)c(Cl)c1. The van der Waals surface area contributed by atoms with Gasteiger partial charge in [0.2, 0.25) is 11.8 Å². The van der Waals surface area contributed by atoms with Crippen LogP contribution < -0.4 is 20.1 Å². The van der Waals surface area contributed by atoms with E-state index >= 15 is 0 Å². The van der Waals surface area contributed by atoms with Gasteiger partial charge in [0, 0.05) is 52.7 Å². The summed E-state index contributed by atoms with van der Waals surface area (Å²) in [6.07, 6.45) is 5.39. The molecule has 0 spiro atoms. The van der Waals surface area contributed by atoms with Gasteiger partial charge in [-0.05, 0) is 67.6 Å². The molecule has 2 aliphatic heterocycles. The van der Waals surface area contributed by atoms with Crippen molar-refractivity contribution in [2.45, 2.75) is 97.4 Å². The molecular formula is C43H49ClN4O7. The van der Waals surface area contributed by atoms with Crippen molar-refractivity contribution in [3.63, 3.8) is 0 Å². The zero-order chi connectivity index (χ0) is 39.3. The molecule has 3 aromatic carbocycles. The van der Waals surface area contributed by atoms with E-state index < -0.39 is 11.9 Å². The standard InChI is InChI=1S/C43H49ClN4O7/c1-42(2)40(43(3,4)41(42)55-30-18-17-29(25-45)33(44)24-30)47-37(50)28-15-13-27(14-16-28)10-7-5-6-8-21-53-22-23-54-35-12-9-11-31-32(35)26-48(39(31)52)34-19-20-36(49)46-38(34)51/h9,11-18,24,34,40-41H,5-8,10,19-23,26H2,1-4H3,(H,47,50)(H,46,49,51). The second kappa shape index (κ2) is 16.8. The highest BCUT2D eigenvalue weighted by molar-refractivity contribution is 6.31. The zero-order valence-corrected chi connectivity index (χ0v) is 32.7. The maximum absolute atomic E-state index is 13.3. The van der Waals surface area contributed by atoms with Crippen molar-refractivity contribution in [2.75, 3.05) is 19.8 Å². The van der Waals surface area contributed by atoms with Crippen LogP contribution in [0.15, 0.2) is 60.7 Å². The van der Waals surface area contributed by atoms with Crippen molar-refractivity contribution in [1.82, 2.24) is 15.5 Å². The Kier molecular flexibility index (Phi) is 12.2. The number of nitrogens with zero attached hydrogens (tertiary/aromatic N) is 2. The van der Waals surface area contributed by atoms with Crippen LogP contribution in [0.1, 0.15) is 104 Å². The van der Waals surface area contributed by atoms with Crippen LogP contribution in [0.5, 0.6) is 11.5 Å². The number of nitriles is 1. The van der Waals surface area contributed by atoms with Gasteiger partial charge < -0.3 is 24.4 Å². The van der Waals surface area contributed by atoms with Crippen LogP contribution in [-0.2, 0) is 27.3 Å². The molecule has 2 N–H and O–H groups in total. The molecule has 4 amide bonds. The van der Waals surface area contributed by atoms with E-state index in [1.807, 2.05) is 30.3 Å². The van der Waals surface area contributed by atoms with Gasteiger partial charge in [-0.3, -0.25) is 24.5 Å².